The van der Waals surface area contributed by atoms with E-state index in [1.807, 2.05) is 6.08 Å². The molecule has 0 N–H and O–H groups in total. The van der Waals surface area contributed by atoms with Crippen LogP contribution in [-0.2, 0) is 14.3 Å². The monoisotopic (exact) mass is 207 g/mol. The number of hydrogen-bond acceptors (Lipinski definition) is 3. The molecule has 0 bridgehead atoms. The second-order valence-corrected chi connectivity index (χ2v) is 4.22. The third-order valence-electron chi connectivity index (χ3n) is 3.26. The standard InChI is InChI=1S/C11H13NO3/c13-10-2-1-8-7-11(14-5-6-15-11)4-3-9(8)12-10/h1-2,8H,3-7H2. The summed E-state index contributed by atoms with van der Waals surface area (Å²) >= 11 is 0. The molecule has 2 heterocycles. The highest BCUT2D eigenvalue weighted by Gasteiger charge is 2.43. The predicted molar refractivity (Wildman–Crippen MR) is 53.6 cm³/mol. The number of dihydropyridines is 1. The Morgan fingerprint density at radius 2 is 2.20 bits per heavy atom. The molecule has 1 unspecified atom stereocenters. The minimum Gasteiger partial charge on any atom is -0.347 e. The number of aliphatic imine (C=N–C) groups is 1. The van der Waals surface area contributed by atoms with E-state index < -0.39 is 5.79 Å². The maximum Gasteiger partial charge on any atom is 0.269 e. The fourth-order valence-corrected chi connectivity index (χ4v) is 2.51. The zero-order valence-corrected chi connectivity index (χ0v) is 8.44. The summed E-state index contributed by atoms with van der Waals surface area (Å²) in [5.74, 6) is -0.297. The first-order valence-corrected chi connectivity index (χ1v) is 5.35. The highest BCUT2D eigenvalue weighted by atomic mass is 16.7. The smallest absolute Gasteiger partial charge is 0.269 e. The molecule has 0 aromatic heterocycles. The van der Waals surface area contributed by atoms with Gasteiger partial charge in [-0.25, -0.2) is 4.99 Å². The van der Waals surface area contributed by atoms with Gasteiger partial charge in [-0.05, 0) is 6.42 Å². The molecule has 2 fully saturated rings. The van der Waals surface area contributed by atoms with Gasteiger partial charge in [0.25, 0.3) is 5.91 Å². The van der Waals surface area contributed by atoms with E-state index in [0.29, 0.717) is 13.2 Å². The van der Waals surface area contributed by atoms with Crippen LogP contribution in [0.25, 0.3) is 0 Å². The molecule has 2 aliphatic heterocycles. The zero-order chi connectivity index (χ0) is 10.3. The lowest BCUT2D eigenvalue weighted by atomic mass is 9.81. The zero-order valence-electron chi connectivity index (χ0n) is 8.44. The summed E-state index contributed by atoms with van der Waals surface area (Å²) in [6, 6.07) is 0. The Hall–Kier alpha value is -1.00. The second kappa shape index (κ2) is 3.25. The SMILES string of the molecule is O=C1C=CC2CC3(CCC2=N1)OCCO3. The Labute approximate surface area is 88.0 Å². The Bertz CT molecular complexity index is 353. The maximum absolute atomic E-state index is 11.1. The molecule has 1 atom stereocenters. The van der Waals surface area contributed by atoms with Crippen molar-refractivity contribution >= 4 is 11.6 Å². The number of ether oxygens (including phenoxy) is 2. The van der Waals surface area contributed by atoms with E-state index in [1.54, 1.807) is 6.08 Å². The Kier molecular flexibility index (Phi) is 2.00. The van der Waals surface area contributed by atoms with E-state index in [9.17, 15) is 4.79 Å². The molecule has 0 radical (unpaired) electrons. The predicted octanol–water partition coefficient (Wildman–Crippen LogP) is 1.07. The molecule has 15 heavy (non-hydrogen) atoms. The molecule has 3 aliphatic rings. The molecule has 4 nitrogen and oxygen atoms in total. The average Bonchev–Trinajstić information content (AvgIpc) is 2.67. The van der Waals surface area contributed by atoms with Crippen LogP contribution in [0.4, 0.5) is 0 Å². The van der Waals surface area contributed by atoms with Gasteiger partial charge in [0.1, 0.15) is 0 Å². The normalized spacial score (nSPS) is 32.9. The lowest BCUT2D eigenvalue weighted by molar-refractivity contribution is -0.172. The molecule has 1 spiro atoms. The van der Waals surface area contributed by atoms with E-state index in [4.69, 9.17) is 9.47 Å². The summed E-state index contributed by atoms with van der Waals surface area (Å²) in [6.07, 6.45) is 5.90. The van der Waals surface area contributed by atoms with Crippen molar-refractivity contribution in [2.24, 2.45) is 10.9 Å². The Balaban J connectivity index is 1.82. The molecule has 1 amide bonds. The van der Waals surface area contributed by atoms with E-state index in [1.165, 1.54) is 0 Å². The van der Waals surface area contributed by atoms with Crippen LogP contribution in [0.15, 0.2) is 17.1 Å². The lowest BCUT2D eigenvalue weighted by Crippen LogP contribution is -2.40. The largest absolute Gasteiger partial charge is 0.347 e. The van der Waals surface area contributed by atoms with Crippen LogP contribution in [-0.4, -0.2) is 30.6 Å². The first-order valence-electron chi connectivity index (χ1n) is 5.35. The van der Waals surface area contributed by atoms with E-state index in [2.05, 4.69) is 4.99 Å². The summed E-state index contributed by atoms with van der Waals surface area (Å²) in [5.41, 5.74) is 0.993. The van der Waals surface area contributed by atoms with Crippen molar-refractivity contribution in [3.05, 3.63) is 12.2 Å². The number of rotatable bonds is 0. The van der Waals surface area contributed by atoms with Gasteiger partial charge in [0, 0.05) is 30.5 Å². The van der Waals surface area contributed by atoms with Gasteiger partial charge in [0.2, 0.25) is 0 Å². The molecular formula is C11H13NO3. The van der Waals surface area contributed by atoms with Gasteiger partial charge in [0.15, 0.2) is 5.79 Å². The lowest BCUT2D eigenvalue weighted by Gasteiger charge is -2.36. The van der Waals surface area contributed by atoms with Crippen LogP contribution < -0.4 is 0 Å². The number of amides is 1. The minimum atomic E-state index is -0.394. The molecule has 80 valence electrons. The molecule has 1 aliphatic carbocycles. The van der Waals surface area contributed by atoms with E-state index >= 15 is 0 Å². The van der Waals surface area contributed by atoms with Crippen molar-refractivity contribution in [3.8, 4) is 0 Å². The number of carbonyl (C=O) groups is 1. The maximum atomic E-state index is 11.1. The fourth-order valence-electron chi connectivity index (χ4n) is 2.51. The molecule has 1 saturated carbocycles. The molecule has 1 saturated heterocycles. The third kappa shape index (κ3) is 1.54. The number of allylic oxidation sites excluding steroid dienone is 1. The van der Waals surface area contributed by atoms with Gasteiger partial charge >= 0.3 is 0 Å². The van der Waals surface area contributed by atoms with Crippen molar-refractivity contribution in [2.45, 2.75) is 25.0 Å². The molecular weight excluding hydrogens is 194 g/mol. The Morgan fingerprint density at radius 3 is 3.00 bits per heavy atom. The number of hydrogen-bond donors (Lipinski definition) is 0. The fraction of sp³-hybridized carbons (Fsp3) is 0.636. The number of nitrogens with zero attached hydrogens (tertiary/aromatic N) is 1. The van der Waals surface area contributed by atoms with Crippen molar-refractivity contribution < 1.29 is 14.3 Å². The van der Waals surface area contributed by atoms with Gasteiger partial charge in [-0.15, -0.1) is 0 Å². The van der Waals surface area contributed by atoms with Gasteiger partial charge < -0.3 is 9.47 Å². The van der Waals surface area contributed by atoms with Gasteiger partial charge in [0.05, 0.1) is 13.2 Å². The van der Waals surface area contributed by atoms with Crippen molar-refractivity contribution in [3.63, 3.8) is 0 Å². The molecule has 0 aromatic rings. The Morgan fingerprint density at radius 1 is 1.40 bits per heavy atom. The van der Waals surface area contributed by atoms with Gasteiger partial charge in [-0.1, -0.05) is 6.08 Å². The van der Waals surface area contributed by atoms with E-state index in [-0.39, 0.29) is 11.8 Å². The molecule has 4 heteroatoms. The first kappa shape index (κ1) is 9.24. The summed E-state index contributed by atoms with van der Waals surface area (Å²) in [5, 5.41) is 0. The van der Waals surface area contributed by atoms with Crippen molar-refractivity contribution in [1.29, 1.82) is 0 Å². The quantitative estimate of drug-likeness (QED) is 0.597. The van der Waals surface area contributed by atoms with Crippen LogP contribution in [0.3, 0.4) is 0 Å². The summed E-state index contributed by atoms with van der Waals surface area (Å²) in [6.45, 7) is 1.36. The van der Waals surface area contributed by atoms with Crippen LogP contribution in [0.5, 0.6) is 0 Å². The van der Waals surface area contributed by atoms with Gasteiger partial charge in [-0.2, -0.15) is 0 Å². The van der Waals surface area contributed by atoms with Crippen LogP contribution in [0, 0.1) is 5.92 Å². The highest BCUT2D eigenvalue weighted by molar-refractivity contribution is 6.05. The minimum absolute atomic E-state index is 0.134. The summed E-state index contributed by atoms with van der Waals surface area (Å²) in [7, 11) is 0. The second-order valence-electron chi connectivity index (χ2n) is 4.22. The molecule has 0 aromatic carbocycles. The number of fused-ring (bicyclic) bond motifs is 1. The summed E-state index contributed by atoms with van der Waals surface area (Å²) < 4.78 is 11.3. The van der Waals surface area contributed by atoms with E-state index in [0.717, 1.165) is 25.0 Å². The highest BCUT2D eigenvalue weighted by Crippen LogP contribution is 2.38. The molecule has 3 rings (SSSR count). The van der Waals surface area contributed by atoms with Crippen LogP contribution in [0.1, 0.15) is 19.3 Å². The summed E-state index contributed by atoms with van der Waals surface area (Å²) in [4.78, 5) is 15.1. The first-order chi connectivity index (χ1) is 7.27. The van der Waals surface area contributed by atoms with Gasteiger partial charge in [-0.3, -0.25) is 4.79 Å². The van der Waals surface area contributed by atoms with Crippen molar-refractivity contribution in [1.82, 2.24) is 0 Å². The average molecular weight is 207 g/mol. The van der Waals surface area contributed by atoms with Crippen molar-refractivity contribution in [2.75, 3.05) is 13.2 Å². The third-order valence-corrected chi connectivity index (χ3v) is 3.26. The number of carbonyl (C=O) groups excluding carboxylic acids is 1. The van der Waals surface area contributed by atoms with Crippen LogP contribution >= 0.6 is 0 Å². The van der Waals surface area contributed by atoms with Crippen LogP contribution in [0.2, 0.25) is 0 Å². The topological polar surface area (TPSA) is 47.9 Å².